The molecule has 0 N–H and O–H groups in total. The first kappa shape index (κ1) is 23.1. The fraction of sp³-hybridized carbons (Fsp3) is 0. The van der Waals surface area contributed by atoms with Gasteiger partial charge in [-0.25, -0.2) is 0 Å². The molecule has 0 atom stereocenters. The molecule has 0 spiro atoms. The van der Waals surface area contributed by atoms with E-state index in [0.717, 1.165) is 0 Å². The summed E-state index contributed by atoms with van der Waals surface area (Å²) in [5, 5.41) is 16.7. The number of carbonyl (C=O) groups is 1. The van der Waals surface area contributed by atoms with E-state index in [-0.39, 0.29) is 26.2 Å². The Morgan fingerprint density at radius 1 is 0.391 bits per heavy atom. The minimum atomic E-state index is -2.33. The smallest absolute Gasteiger partial charge is 0.652 e. The van der Waals surface area contributed by atoms with E-state index in [2.05, 4.69) is 0 Å². The van der Waals surface area contributed by atoms with Crippen LogP contribution in [0.15, 0.2) is 109 Å². The molecule has 0 saturated heterocycles. The summed E-state index contributed by atoms with van der Waals surface area (Å²) in [5.41, 5.74) is 0. The van der Waals surface area contributed by atoms with Crippen LogP contribution in [-0.2, 0) is 0 Å². The minimum Gasteiger partial charge on any atom is -0.652 e. The monoisotopic (exact) mass is 503 g/mol. The fourth-order valence-corrected chi connectivity index (χ4v) is 1.15. The van der Waals surface area contributed by atoms with E-state index in [4.69, 9.17) is 15.0 Å². The van der Waals surface area contributed by atoms with Crippen molar-refractivity contribution in [2.45, 2.75) is 0 Å². The summed E-state index contributed by atoms with van der Waals surface area (Å²) in [6, 6.07) is 36.0. The molecule has 4 heteroatoms. The molecule has 23 heavy (non-hydrogen) atoms. The molecule has 117 valence electrons. The van der Waals surface area contributed by atoms with Crippen molar-refractivity contribution in [3.63, 3.8) is 0 Å². The van der Waals surface area contributed by atoms with Crippen molar-refractivity contribution in [3.8, 4) is 0 Å². The van der Waals surface area contributed by atoms with Crippen molar-refractivity contribution >= 4 is 32.4 Å². The third-order valence-corrected chi connectivity index (χ3v) is 2.00. The number of hydrogen-bond acceptors (Lipinski definition) is 3. The van der Waals surface area contributed by atoms with E-state index >= 15 is 0 Å². The zero-order valence-corrected chi connectivity index (χ0v) is 16.0. The Hall–Kier alpha value is -2.19. The van der Waals surface area contributed by atoms with E-state index in [0.29, 0.717) is 0 Å². The standard InChI is InChI=1S/3C6H6.CH2O3.Bi/c3*1-2-4-6-5-3-1;2-1(3)4;/h3*1-6H;(H2,2,3,4);/q;;;;+2/p-2. The Bertz CT molecular complexity index is 386. The number of hydrogen-bond donors (Lipinski definition) is 0. The quantitative estimate of drug-likeness (QED) is 0.443. The molecule has 0 aliphatic carbocycles. The Labute approximate surface area is 156 Å². The summed E-state index contributed by atoms with van der Waals surface area (Å²) < 4.78 is 0. The van der Waals surface area contributed by atoms with Crippen LogP contribution in [0.2, 0.25) is 0 Å². The molecule has 3 aromatic rings. The Morgan fingerprint density at radius 3 is 0.478 bits per heavy atom. The molecular formula is C19H18BiO3. The average Bonchev–Trinajstić information content (AvgIpc) is 2.60. The van der Waals surface area contributed by atoms with Gasteiger partial charge in [-0.15, -0.1) is 0 Å². The molecule has 0 heterocycles. The van der Waals surface area contributed by atoms with Crippen LogP contribution in [-0.4, -0.2) is 32.4 Å². The van der Waals surface area contributed by atoms with Gasteiger partial charge in [-0.1, -0.05) is 109 Å². The normalized spacial score (nSPS) is 7.30. The van der Waals surface area contributed by atoms with Crippen LogP contribution >= 0.6 is 0 Å². The van der Waals surface area contributed by atoms with Crippen LogP contribution in [0.5, 0.6) is 0 Å². The zero-order chi connectivity index (χ0) is 16.3. The molecule has 0 amide bonds. The van der Waals surface area contributed by atoms with Crippen molar-refractivity contribution in [3.05, 3.63) is 109 Å². The van der Waals surface area contributed by atoms with E-state index in [1.54, 1.807) is 0 Å². The molecule has 0 aromatic heterocycles. The number of carboxylic acid groups (broad SMARTS) is 2. The van der Waals surface area contributed by atoms with Gasteiger partial charge in [0.1, 0.15) is 0 Å². The molecule has 0 saturated carbocycles. The van der Waals surface area contributed by atoms with Crippen LogP contribution in [0.3, 0.4) is 0 Å². The predicted octanol–water partition coefficient (Wildman–Crippen LogP) is 2.23. The fourth-order valence-electron chi connectivity index (χ4n) is 1.15. The molecule has 3 nitrogen and oxygen atoms in total. The SMILES string of the molecule is O=C([O-])[O-].[Bi+2].c1ccccc1.c1ccccc1.c1ccccc1. The summed E-state index contributed by atoms with van der Waals surface area (Å²) in [4.78, 5) is 8.33. The largest absolute Gasteiger partial charge is 2.00 e. The first-order chi connectivity index (χ1) is 10.7. The molecule has 3 radical (unpaired) electrons. The van der Waals surface area contributed by atoms with Crippen molar-refractivity contribution in [1.29, 1.82) is 0 Å². The van der Waals surface area contributed by atoms with Gasteiger partial charge in [0.25, 0.3) is 0 Å². The van der Waals surface area contributed by atoms with Gasteiger partial charge in [0, 0.05) is 0 Å². The Morgan fingerprint density at radius 2 is 0.435 bits per heavy atom. The molecule has 0 bridgehead atoms. The Kier molecular flexibility index (Phi) is 19.9. The summed E-state index contributed by atoms with van der Waals surface area (Å²) in [6.45, 7) is 0. The van der Waals surface area contributed by atoms with Gasteiger partial charge >= 0.3 is 26.2 Å². The van der Waals surface area contributed by atoms with Crippen molar-refractivity contribution in [2.24, 2.45) is 0 Å². The second-order valence-corrected chi connectivity index (χ2v) is 3.71. The van der Waals surface area contributed by atoms with Gasteiger partial charge in [-0.05, 0) is 6.16 Å². The first-order valence-electron chi connectivity index (χ1n) is 6.61. The van der Waals surface area contributed by atoms with Gasteiger partial charge in [0.15, 0.2) is 0 Å². The third kappa shape index (κ3) is 25.1. The van der Waals surface area contributed by atoms with E-state index in [9.17, 15) is 0 Å². The summed E-state index contributed by atoms with van der Waals surface area (Å²) >= 11 is 0. The van der Waals surface area contributed by atoms with Crippen LogP contribution in [0.1, 0.15) is 0 Å². The molecule has 0 aliphatic rings. The van der Waals surface area contributed by atoms with Crippen molar-refractivity contribution < 1.29 is 15.0 Å². The molecule has 0 unspecified atom stereocenters. The van der Waals surface area contributed by atoms with Crippen LogP contribution in [0.4, 0.5) is 4.79 Å². The first-order valence-corrected chi connectivity index (χ1v) is 6.61. The van der Waals surface area contributed by atoms with Gasteiger partial charge in [0.2, 0.25) is 0 Å². The second-order valence-electron chi connectivity index (χ2n) is 3.71. The Balaban J connectivity index is 0. The van der Waals surface area contributed by atoms with Crippen LogP contribution < -0.4 is 10.2 Å². The number of rotatable bonds is 0. The number of carbonyl (C=O) groups excluding carboxylic acids is 1. The summed E-state index contributed by atoms with van der Waals surface area (Å²) in [5.74, 6) is 0. The van der Waals surface area contributed by atoms with E-state index in [1.807, 2.05) is 109 Å². The summed E-state index contributed by atoms with van der Waals surface area (Å²) in [6.07, 6.45) is -2.33. The van der Waals surface area contributed by atoms with Gasteiger partial charge in [-0.2, -0.15) is 0 Å². The summed E-state index contributed by atoms with van der Waals surface area (Å²) in [7, 11) is 0. The zero-order valence-electron chi connectivity index (χ0n) is 12.6. The van der Waals surface area contributed by atoms with Crippen molar-refractivity contribution in [1.82, 2.24) is 0 Å². The maximum Gasteiger partial charge on any atom is 2.00 e. The van der Waals surface area contributed by atoms with Crippen LogP contribution in [0.25, 0.3) is 0 Å². The van der Waals surface area contributed by atoms with Gasteiger partial charge < -0.3 is 15.0 Å². The molecule has 0 aliphatic heterocycles. The van der Waals surface area contributed by atoms with Gasteiger partial charge in [-0.3, -0.25) is 0 Å². The maximum atomic E-state index is 8.33. The molecule has 3 aromatic carbocycles. The van der Waals surface area contributed by atoms with Gasteiger partial charge in [0.05, 0.1) is 0 Å². The van der Waals surface area contributed by atoms with E-state index < -0.39 is 6.16 Å². The number of benzene rings is 3. The topological polar surface area (TPSA) is 63.2 Å². The third-order valence-electron chi connectivity index (χ3n) is 2.00. The van der Waals surface area contributed by atoms with Crippen molar-refractivity contribution in [2.75, 3.05) is 0 Å². The molecule has 3 rings (SSSR count). The van der Waals surface area contributed by atoms with E-state index in [1.165, 1.54) is 0 Å². The molecular weight excluding hydrogens is 485 g/mol. The molecule has 0 fully saturated rings. The second kappa shape index (κ2) is 19.8. The van der Waals surface area contributed by atoms with Crippen LogP contribution in [0, 0.1) is 0 Å². The minimum absolute atomic E-state index is 0. The predicted molar refractivity (Wildman–Crippen MR) is 90.5 cm³/mol. The average molecular weight is 503 g/mol. The maximum absolute atomic E-state index is 8.33.